The third-order valence-electron chi connectivity index (χ3n) is 5.04. The molecular weight excluding hydrogens is 394 g/mol. The van der Waals surface area contributed by atoms with E-state index in [0.717, 1.165) is 16.9 Å². The van der Waals surface area contributed by atoms with Gasteiger partial charge in [-0.1, -0.05) is 67.9 Å². The van der Waals surface area contributed by atoms with E-state index >= 15 is 0 Å². The van der Waals surface area contributed by atoms with Crippen LogP contribution in [0.5, 0.6) is 11.5 Å². The Kier molecular flexibility index (Phi) is 7.27. The largest absolute Gasteiger partial charge is 0.457 e. The molecule has 152 valence electrons. The number of carbonyl (C=O) groups excluding carboxylic acids is 1. The van der Waals surface area contributed by atoms with Crippen LogP contribution in [0, 0.1) is 17.2 Å². The van der Waals surface area contributed by atoms with Crippen molar-refractivity contribution >= 4 is 17.4 Å². The number of hydrogen-bond donors (Lipinski definition) is 0. The van der Waals surface area contributed by atoms with Gasteiger partial charge in [-0.15, -0.1) is 0 Å². The highest BCUT2D eigenvalue weighted by Gasteiger charge is 2.27. The molecule has 0 heterocycles. The van der Waals surface area contributed by atoms with Crippen LogP contribution in [0.25, 0.3) is 0 Å². The van der Waals surface area contributed by atoms with Crippen LogP contribution in [0.3, 0.4) is 0 Å². The first-order valence-corrected chi connectivity index (χ1v) is 10.4. The van der Waals surface area contributed by atoms with E-state index in [1.165, 1.54) is 0 Å². The highest BCUT2D eigenvalue weighted by atomic mass is 35.5. The lowest BCUT2D eigenvalue weighted by molar-refractivity contribution is -0.121. The van der Waals surface area contributed by atoms with E-state index in [2.05, 4.69) is 6.07 Å². The average molecular weight is 418 g/mol. The van der Waals surface area contributed by atoms with Crippen molar-refractivity contribution in [2.24, 2.45) is 5.92 Å². The molecule has 0 radical (unpaired) electrons. The number of carbonyl (C=O) groups is 1. The van der Waals surface area contributed by atoms with Gasteiger partial charge >= 0.3 is 0 Å². The molecule has 3 aromatic carbocycles. The van der Waals surface area contributed by atoms with Gasteiger partial charge in [-0.25, -0.2) is 0 Å². The zero-order chi connectivity index (χ0) is 21.5. The Morgan fingerprint density at radius 2 is 1.60 bits per heavy atom. The van der Waals surface area contributed by atoms with Gasteiger partial charge in [-0.05, 0) is 53.4 Å². The zero-order valence-electron chi connectivity index (χ0n) is 17.1. The van der Waals surface area contributed by atoms with E-state index in [1.54, 1.807) is 12.1 Å². The summed E-state index contributed by atoms with van der Waals surface area (Å²) in [6, 6.07) is 26.5. The minimum Gasteiger partial charge on any atom is -0.457 e. The Labute approximate surface area is 182 Å². The summed E-state index contributed by atoms with van der Waals surface area (Å²) < 4.78 is 5.88. The van der Waals surface area contributed by atoms with Crippen LogP contribution in [0.4, 0.5) is 0 Å². The molecule has 1 unspecified atom stereocenters. The molecule has 0 aliphatic heterocycles. The molecule has 0 amide bonds. The van der Waals surface area contributed by atoms with Gasteiger partial charge in [0.2, 0.25) is 0 Å². The Hall–Kier alpha value is -3.09. The summed E-state index contributed by atoms with van der Waals surface area (Å²) in [4.78, 5) is 13.2. The Bertz CT molecular complexity index is 1020. The average Bonchev–Trinajstić information content (AvgIpc) is 2.74. The van der Waals surface area contributed by atoms with Crippen molar-refractivity contribution < 1.29 is 9.53 Å². The molecule has 0 bridgehead atoms. The second-order valence-electron chi connectivity index (χ2n) is 7.61. The lowest BCUT2D eigenvalue weighted by Crippen LogP contribution is -2.20. The van der Waals surface area contributed by atoms with Crippen molar-refractivity contribution in [3.05, 3.63) is 95.0 Å². The molecule has 0 N–H and O–H groups in total. The number of benzene rings is 3. The molecule has 30 heavy (non-hydrogen) atoms. The maximum absolute atomic E-state index is 13.2. The van der Waals surface area contributed by atoms with Crippen molar-refractivity contribution in [3.63, 3.8) is 0 Å². The van der Waals surface area contributed by atoms with Crippen LogP contribution in [0.1, 0.15) is 43.2 Å². The molecule has 0 saturated carbocycles. The lowest BCUT2D eigenvalue weighted by Gasteiger charge is -2.22. The van der Waals surface area contributed by atoms with E-state index in [-0.39, 0.29) is 24.0 Å². The number of ketones is 1. The lowest BCUT2D eigenvalue weighted by atomic mass is 9.81. The summed E-state index contributed by atoms with van der Waals surface area (Å²) >= 11 is 6.00. The molecule has 3 rings (SSSR count). The monoisotopic (exact) mass is 417 g/mol. The third kappa shape index (κ3) is 5.49. The maximum atomic E-state index is 13.2. The topological polar surface area (TPSA) is 50.1 Å². The van der Waals surface area contributed by atoms with Crippen molar-refractivity contribution in [2.45, 2.75) is 32.1 Å². The molecule has 0 aliphatic rings. The molecule has 0 saturated heterocycles. The summed E-state index contributed by atoms with van der Waals surface area (Å²) in [6.07, 6.45) is 0.150. The fourth-order valence-electron chi connectivity index (χ4n) is 3.60. The highest BCUT2D eigenvalue weighted by Crippen LogP contribution is 2.32. The predicted molar refractivity (Wildman–Crippen MR) is 120 cm³/mol. The van der Waals surface area contributed by atoms with Gasteiger partial charge in [0.25, 0.3) is 0 Å². The van der Waals surface area contributed by atoms with Crippen molar-refractivity contribution in [1.29, 1.82) is 5.26 Å². The molecule has 4 heteroatoms. The fourth-order valence-corrected chi connectivity index (χ4v) is 3.72. The van der Waals surface area contributed by atoms with Crippen LogP contribution >= 0.6 is 11.6 Å². The minimum absolute atomic E-state index is 0.0493. The Balaban J connectivity index is 1.78. The van der Waals surface area contributed by atoms with Crippen molar-refractivity contribution in [3.8, 4) is 17.6 Å². The molecule has 2 atom stereocenters. The molecule has 0 spiro atoms. The van der Waals surface area contributed by atoms with Gasteiger partial charge in [-0.3, -0.25) is 4.79 Å². The van der Waals surface area contributed by atoms with Gasteiger partial charge in [0.15, 0.2) is 0 Å². The number of para-hydroxylation sites is 1. The van der Waals surface area contributed by atoms with E-state index in [0.29, 0.717) is 10.8 Å². The first-order chi connectivity index (χ1) is 14.5. The van der Waals surface area contributed by atoms with Crippen LogP contribution in [-0.4, -0.2) is 5.78 Å². The molecule has 0 aliphatic carbocycles. The second kappa shape index (κ2) is 10.1. The molecule has 0 fully saturated rings. The molecule has 3 nitrogen and oxygen atoms in total. The number of halogens is 1. The van der Waals surface area contributed by atoms with Gasteiger partial charge in [0.1, 0.15) is 17.3 Å². The van der Waals surface area contributed by atoms with Crippen molar-refractivity contribution in [1.82, 2.24) is 0 Å². The van der Waals surface area contributed by atoms with Crippen LogP contribution < -0.4 is 4.74 Å². The van der Waals surface area contributed by atoms with E-state index < -0.39 is 5.92 Å². The summed E-state index contributed by atoms with van der Waals surface area (Å²) in [7, 11) is 0. The van der Waals surface area contributed by atoms with Crippen molar-refractivity contribution in [2.75, 3.05) is 0 Å². The van der Waals surface area contributed by atoms with Crippen LogP contribution in [-0.2, 0) is 4.79 Å². The van der Waals surface area contributed by atoms with E-state index in [4.69, 9.17) is 16.3 Å². The zero-order valence-corrected chi connectivity index (χ0v) is 17.8. The number of nitriles is 1. The quantitative estimate of drug-likeness (QED) is 0.391. The third-order valence-corrected chi connectivity index (χ3v) is 5.30. The van der Waals surface area contributed by atoms with Gasteiger partial charge < -0.3 is 4.74 Å². The standard InChI is InChI=1S/C26H24ClNO2/c1-18(2)26(19-11-13-22(27)14-12-19)25(29)16-21(17-28)20-7-6-10-24(15-20)30-23-8-4-3-5-9-23/h3-15,18,21,26H,16H2,1-2H3/t21?,26-/m0/s1. The highest BCUT2D eigenvalue weighted by molar-refractivity contribution is 6.30. The van der Waals surface area contributed by atoms with E-state index in [9.17, 15) is 10.1 Å². The molecule has 3 aromatic rings. The Morgan fingerprint density at radius 1 is 0.933 bits per heavy atom. The second-order valence-corrected chi connectivity index (χ2v) is 8.05. The summed E-state index contributed by atoms with van der Waals surface area (Å²) in [6.45, 7) is 4.04. The fraction of sp³-hybridized carbons (Fsp3) is 0.231. The maximum Gasteiger partial charge on any atom is 0.142 e. The molecular formula is C26H24ClNO2. The van der Waals surface area contributed by atoms with E-state index in [1.807, 2.05) is 80.6 Å². The van der Waals surface area contributed by atoms with Gasteiger partial charge in [-0.2, -0.15) is 5.26 Å². The summed E-state index contributed by atoms with van der Waals surface area (Å²) in [5.74, 6) is 0.720. The summed E-state index contributed by atoms with van der Waals surface area (Å²) in [5.41, 5.74) is 1.70. The summed E-state index contributed by atoms with van der Waals surface area (Å²) in [5, 5.41) is 10.4. The number of hydrogen-bond acceptors (Lipinski definition) is 3. The SMILES string of the molecule is CC(C)[C@H](C(=O)CC(C#N)c1cccc(Oc2ccccc2)c1)c1ccc(Cl)cc1. The minimum atomic E-state index is -0.537. The normalized spacial score (nSPS) is 12.8. The van der Waals surface area contributed by atoms with Crippen LogP contribution in [0.15, 0.2) is 78.9 Å². The number of rotatable bonds is 8. The predicted octanol–water partition coefficient (Wildman–Crippen LogP) is 7.14. The number of Topliss-reactive ketones (excluding diaryl/α,β-unsaturated/α-hetero) is 1. The first kappa shape index (κ1) is 21.6. The first-order valence-electron chi connectivity index (χ1n) is 9.98. The molecule has 0 aromatic heterocycles. The smallest absolute Gasteiger partial charge is 0.142 e. The number of ether oxygens (including phenoxy) is 1. The van der Waals surface area contributed by atoms with Crippen LogP contribution in [0.2, 0.25) is 5.02 Å². The Morgan fingerprint density at radius 3 is 2.23 bits per heavy atom. The van der Waals surface area contributed by atoms with Gasteiger partial charge in [0.05, 0.1) is 12.0 Å². The number of nitrogens with zero attached hydrogens (tertiary/aromatic N) is 1. The van der Waals surface area contributed by atoms with Gasteiger partial charge in [0, 0.05) is 17.4 Å².